The molecule has 1 heterocycles. The van der Waals surface area contributed by atoms with Crippen LogP contribution in [0.4, 0.5) is 13.2 Å². The van der Waals surface area contributed by atoms with Crippen molar-refractivity contribution in [3.8, 4) is 0 Å². The fourth-order valence-electron chi connectivity index (χ4n) is 4.48. The molecular formula is C22H29F3N2O2. The molecule has 0 spiro atoms. The van der Waals surface area contributed by atoms with Crippen molar-refractivity contribution >= 4 is 11.8 Å². The molecule has 0 aromatic heterocycles. The summed E-state index contributed by atoms with van der Waals surface area (Å²) in [5.41, 5.74) is -0.264. The third kappa shape index (κ3) is 5.73. The number of likely N-dealkylation sites (tertiary alicyclic amines) is 1. The maximum absolute atomic E-state index is 12.9. The molecule has 0 N–H and O–H groups in total. The molecule has 1 saturated carbocycles. The van der Waals surface area contributed by atoms with E-state index < -0.39 is 11.7 Å². The molecule has 1 aromatic carbocycles. The topological polar surface area (TPSA) is 40.6 Å². The van der Waals surface area contributed by atoms with Gasteiger partial charge in [-0.25, -0.2) is 0 Å². The average Bonchev–Trinajstić information content (AvgIpc) is 2.69. The predicted octanol–water partition coefficient (Wildman–Crippen LogP) is 4.48. The maximum Gasteiger partial charge on any atom is 0.416 e. The van der Waals surface area contributed by atoms with Crippen molar-refractivity contribution in [3.63, 3.8) is 0 Å². The van der Waals surface area contributed by atoms with Gasteiger partial charge in [0.25, 0.3) is 0 Å². The minimum absolute atomic E-state index is 0.108. The van der Waals surface area contributed by atoms with Crippen molar-refractivity contribution in [2.45, 2.75) is 57.7 Å². The Kier molecular flexibility index (Phi) is 6.85. The zero-order valence-electron chi connectivity index (χ0n) is 16.9. The van der Waals surface area contributed by atoms with Gasteiger partial charge in [-0.1, -0.05) is 31.4 Å². The molecule has 1 unspecified atom stereocenters. The van der Waals surface area contributed by atoms with E-state index in [-0.39, 0.29) is 24.3 Å². The predicted molar refractivity (Wildman–Crippen MR) is 104 cm³/mol. The highest BCUT2D eigenvalue weighted by Crippen LogP contribution is 2.30. The summed E-state index contributed by atoms with van der Waals surface area (Å²) < 4.78 is 38.7. The third-order valence-corrected chi connectivity index (χ3v) is 6.10. The first-order valence-corrected chi connectivity index (χ1v) is 10.4. The van der Waals surface area contributed by atoms with Gasteiger partial charge in [0.1, 0.15) is 0 Å². The minimum atomic E-state index is -4.40. The summed E-state index contributed by atoms with van der Waals surface area (Å²) in [6, 6.07) is 5.07. The van der Waals surface area contributed by atoms with Crippen LogP contribution in [-0.2, 0) is 22.3 Å². The zero-order valence-corrected chi connectivity index (χ0v) is 16.9. The van der Waals surface area contributed by atoms with Crippen LogP contribution in [0.5, 0.6) is 0 Å². The van der Waals surface area contributed by atoms with E-state index in [1.54, 1.807) is 13.1 Å². The van der Waals surface area contributed by atoms with Crippen molar-refractivity contribution in [1.29, 1.82) is 0 Å². The van der Waals surface area contributed by atoms with E-state index in [2.05, 4.69) is 0 Å². The first kappa shape index (κ1) is 21.7. The van der Waals surface area contributed by atoms with E-state index in [4.69, 9.17) is 0 Å². The van der Waals surface area contributed by atoms with E-state index in [0.29, 0.717) is 30.9 Å². The van der Waals surface area contributed by atoms with Crippen LogP contribution in [0.1, 0.15) is 56.1 Å². The van der Waals surface area contributed by atoms with Gasteiger partial charge in [0.2, 0.25) is 11.8 Å². The molecule has 1 aromatic rings. The van der Waals surface area contributed by atoms with Crippen LogP contribution in [0, 0.1) is 11.8 Å². The standard InChI is InChI=1S/C22H29F3N2O2/c1-26(13-17-8-5-9-19(12-17)22(23,24)25)21(29)18-10-11-20(28)27(15-18)14-16-6-3-2-4-7-16/h5,8-9,12,16,18H,2-4,6-7,10-11,13-15H2,1H3. The molecule has 3 rings (SSSR count). The molecule has 1 atom stereocenters. The van der Waals surface area contributed by atoms with Gasteiger partial charge >= 0.3 is 6.18 Å². The number of carbonyl (C=O) groups excluding carboxylic acids is 2. The smallest absolute Gasteiger partial charge is 0.342 e. The summed E-state index contributed by atoms with van der Waals surface area (Å²) in [5, 5.41) is 0. The highest BCUT2D eigenvalue weighted by atomic mass is 19.4. The van der Waals surface area contributed by atoms with Crippen LogP contribution in [0.2, 0.25) is 0 Å². The largest absolute Gasteiger partial charge is 0.416 e. The van der Waals surface area contributed by atoms with E-state index in [9.17, 15) is 22.8 Å². The van der Waals surface area contributed by atoms with Crippen LogP contribution >= 0.6 is 0 Å². The molecule has 4 nitrogen and oxygen atoms in total. The van der Waals surface area contributed by atoms with Gasteiger partial charge in [0.15, 0.2) is 0 Å². The molecule has 1 aliphatic carbocycles. The van der Waals surface area contributed by atoms with Crippen molar-refractivity contribution < 1.29 is 22.8 Å². The molecule has 2 amide bonds. The summed E-state index contributed by atoms with van der Waals surface area (Å²) in [6.07, 6.45) is 2.40. The van der Waals surface area contributed by atoms with Gasteiger partial charge in [-0.05, 0) is 42.9 Å². The number of piperidine rings is 1. The molecule has 1 saturated heterocycles. The number of hydrogen-bond donors (Lipinski definition) is 0. The molecule has 1 aliphatic heterocycles. The summed E-state index contributed by atoms with van der Waals surface area (Å²) in [6.45, 7) is 1.26. The number of hydrogen-bond acceptors (Lipinski definition) is 2. The highest BCUT2D eigenvalue weighted by Gasteiger charge is 2.34. The average molecular weight is 410 g/mol. The molecule has 2 fully saturated rings. The van der Waals surface area contributed by atoms with E-state index >= 15 is 0 Å². The Labute approximate surface area is 170 Å². The fourth-order valence-corrected chi connectivity index (χ4v) is 4.48. The SMILES string of the molecule is CN(Cc1cccc(C(F)(F)F)c1)C(=O)C1CCC(=O)N(CC2CCCCC2)C1. The normalized spacial score (nSPS) is 21.3. The minimum Gasteiger partial charge on any atom is -0.342 e. The second-order valence-electron chi connectivity index (χ2n) is 8.43. The summed E-state index contributed by atoms with van der Waals surface area (Å²) in [5.74, 6) is 0.236. The van der Waals surface area contributed by atoms with Crippen LogP contribution in [0.25, 0.3) is 0 Å². The van der Waals surface area contributed by atoms with E-state index in [0.717, 1.165) is 31.5 Å². The van der Waals surface area contributed by atoms with Crippen LogP contribution in [0.3, 0.4) is 0 Å². The fraction of sp³-hybridized carbons (Fsp3) is 0.636. The van der Waals surface area contributed by atoms with Gasteiger partial charge in [0.05, 0.1) is 11.5 Å². The molecule has 2 aliphatic rings. The van der Waals surface area contributed by atoms with Gasteiger partial charge in [0, 0.05) is 33.1 Å². The lowest BCUT2D eigenvalue weighted by Crippen LogP contribution is -2.47. The van der Waals surface area contributed by atoms with E-state index in [1.165, 1.54) is 30.2 Å². The van der Waals surface area contributed by atoms with Gasteiger partial charge in [-0.3, -0.25) is 9.59 Å². The lowest BCUT2D eigenvalue weighted by Gasteiger charge is -2.36. The van der Waals surface area contributed by atoms with Crippen LogP contribution in [0.15, 0.2) is 24.3 Å². The van der Waals surface area contributed by atoms with E-state index in [1.807, 2.05) is 4.90 Å². The molecule has 29 heavy (non-hydrogen) atoms. The molecule has 160 valence electrons. The Hall–Kier alpha value is -2.05. The van der Waals surface area contributed by atoms with Gasteiger partial charge in [-0.15, -0.1) is 0 Å². The second kappa shape index (κ2) is 9.18. The highest BCUT2D eigenvalue weighted by molar-refractivity contribution is 5.83. The van der Waals surface area contributed by atoms with Crippen LogP contribution < -0.4 is 0 Å². The number of nitrogens with zero attached hydrogens (tertiary/aromatic N) is 2. The molecule has 0 bridgehead atoms. The zero-order chi connectivity index (χ0) is 21.0. The Morgan fingerprint density at radius 3 is 2.59 bits per heavy atom. The lowest BCUT2D eigenvalue weighted by atomic mass is 9.87. The monoisotopic (exact) mass is 410 g/mol. The molecular weight excluding hydrogens is 381 g/mol. The number of halogens is 3. The number of carbonyl (C=O) groups is 2. The van der Waals surface area contributed by atoms with Crippen LogP contribution in [-0.4, -0.2) is 41.8 Å². The first-order valence-electron chi connectivity index (χ1n) is 10.4. The summed E-state index contributed by atoms with van der Waals surface area (Å²) in [4.78, 5) is 28.5. The molecule has 0 radical (unpaired) electrons. The third-order valence-electron chi connectivity index (χ3n) is 6.10. The van der Waals surface area contributed by atoms with Crippen molar-refractivity contribution in [1.82, 2.24) is 9.80 Å². The Morgan fingerprint density at radius 2 is 1.90 bits per heavy atom. The number of amides is 2. The van der Waals surface area contributed by atoms with Gasteiger partial charge < -0.3 is 9.80 Å². The Morgan fingerprint density at radius 1 is 1.17 bits per heavy atom. The number of benzene rings is 1. The second-order valence-corrected chi connectivity index (χ2v) is 8.43. The summed E-state index contributed by atoms with van der Waals surface area (Å²) in [7, 11) is 1.62. The Balaban J connectivity index is 1.59. The number of alkyl halides is 3. The first-order chi connectivity index (χ1) is 13.7. The number of rotatable bonds is 5. The molecule has 7 heteroatoms. The quantitative estimate of drug-likeness (QED) is 0.718. The maximum atomic E-state index is 12.9. The Bertz CT molecular complexity index is 729. The van der Waals surface area contributed by atoms with Crippen molar-refractivity contribution in [3.05, 3.63) is 35.4 Å². The van der Waals surface area contributed by atoms with Crippen molar-refractivity contribution in [2.75, 3.05) is 20.1 Å². The lowest BCUT2D eigenvalue weighted by molar-refractivity contribution is -0.143. The summed E-state index contributed by atoms with van der Waals surface area (Å²) >= 11 is 0. The van der Waals surface area contributed by atoms with Crippen molar-refractivity contribution in [2.24, 2.45) is 11.8 Å². The van der Waals surface area contributed by atoms with Gasteiger partial charge in [-0.2, -0.15) is 13.2 Å².